The van der Waals surface area contributed by atoms with Crippen LogP contribution in [0.1, 0.15) is 12.0 Å². The van der Waals surface area contributed by atoms with Crippen molar-refractivity contribution in [3.05, 3.63) is 53.1 Å². The zero-order valence-electron chi connectivity index (χ0n) is 13.9. The average molecular weight is 370 g/mol. The first-order valence-corrected chi connectivity index (χ1v) is 8.45. The number of aryl methyl sites for hydroxylation is 1. The Morgan fingerprint density at radius 1 is 1.27 bits per heavy atom. The van der Waals surface area contributed by atoms with Gasteiger partial charge < -0.3 is 5.32 Å². The van der Waals surface area contributed by atoms with Crippen molar-refractivity contribution in [3.8, 4) is 0 Å². The number of fused-ring (bicyclic) bond motifs is 3. The highest BCUT2D eigenvalue weighted by atomic mass is 35.5. The van der Waals surface area contributed by atoms with Crippen LogP contribution >= 0.6 is 11.6 Å². The van der Waals surface area contributed by atoms with E-state index in [1.165, 1.54) is 5.01 Å². The second-order valence-corrected chi connectivity index (χ2v) is 6.64. The van der Waals surface area contributed by atoms with Crippen molar-refractivity contribution in [1.82, 2.24) is 0 Å². The van der Waals surface area contributed by atoms with Crippen molar-refractivity contribution in [2.75, 3.05) is 15.2 Å². The number of nitrogens with zero attached hydrogens (tertiary/aromatic N) is 3. The van der Waals surface area contributed by atoms with E-state index >= 15 is 0 Å². The van der Waals surface area contributed by atoms with E-state index in [2.05, 4.69) is 10.3 Å². The minimum Gasteiger partial charge on any atom is -0.324 e. The van der Waals surface area contributed by atoms with Crippen LogP contribution in [0.5, 0.6) is 0 Å². The van der Waals surface area contributed by atoms with Gasteiger partial charge in [0.05, 0.1) is 17.8 Å². The summed E-state index contributed by atoms with van der Waals surface area (Å²) in [5.41, 5.74) is 2.92. The van der Waals surface area contributed by atoms with E-state index in [4.69, 9.17) is 17.4 Å². The van der Waals surface area contributed by atoms with Crippen LogP contribution in [-0.4, -0.2) is 23.8 Å². The number of anilines is 3. The van der Waals surface area contributed by atoms with Crippen molar-refractivity contribution in [2.24, 2.45) is 10.8 Å². The van der Waals surface area contributed by atoms with Crippen LogP contribution < -0.4 is 21.1 Å². The molecule has 2 aliphatic heterocycles. The van der Waals surface area contributed by atoms with E-state index in [-0.39, 0.29) is 24.2 Å². The van der Waals surface area contributed by atoms with Gasteiger partial charge in [0.1, 0.15) is 6.04 Å². The molecule has 0 spiro atoms. The summed E-state index contributed by atoms with van der Waals surface area (Å²) in [4.78, 5) is 30.8. The molecular formula is C18H16ClN5O2. The fraction of sp³-hybridized carbons (Fsp3) is 0.167. The number of guanidine groups is 1. The van der Waals surface area contributed by atoms with Crippen LogP contribution in [0.2, 0.25) is 5.02 Å². The Hall–Kier alpha value is -2.90. The van der Waals surface area contributed by atoms with Gasteiger partial charge in [-0.3, -0.25) is 14.5 Å². The number of rotatable bonds is 2. The maximum Gasteiger partial charge on any atom is 0.251 e. The molecule has 0 saturated carbocycles. The van der Waals surface area contributed by atoms with Gasteiger partial charge in [-0.05, 0) is 36.8 Å². The van der Waals surface area contributed by atoms with Gasteiger partial charge in [0.15, 0.2) is 0 Å². The van der Waals surface area contributed by atoms with Crippen LogP contribution in [-0.2, 0) is 9.59 Å². The Bertz CT molecular complexity index is 958. The van der Waals surface area contributed by atoms with Gasteiger partial charge in [-0.15, -0.1) is 0 Å². The number of aliphatic imine (C=N–C) groups is 1. The summed E-state index contributed by atoms with van der Waals surface area (Å²) in [7, 11) is 0. The number of hydrogen-bond acceptors (Lipinski definition) is 5. The molecule has 0 bridgehead atoms. The monoisotopic (exact) mass is 369 g/mol. The lowest BCUT2D eigenvalue weighted by Crippen LogP contribution is -2.55. The topological polar surface area (TPSA) is 91.0 Å². The molecule has 0 radical (unpaired) electrons. The molecule has 2 aromatic rings. The quantitative estimate of drug-likeness (QED) is 0.793. The van der Waals surface area contributed by atoms with Crippen molar-refractivity contribution in [2.45, 2.75) is 19.4 Å². The Morgan fingerprint density at radius 3 is 2.77 bits per heavy atom. The third-order valence-electron chi connectivity index (χ3n) is 4.50. The number of para-hydroxylation sites is 2. The smallest absolute Gasteiger partial charge is 0.251 e. The first kappa shape index (κ1) is 16.6. The lowest BCUT2D eigenvalue weighted by atomic mass is 10.1. The summed E-state index contributed by atoms with van der Waals surface area (Å²) >= 11 is 6.03. The van der Waals surface area contributed by atoms with Crippen LogP contribution in [0.25, 0.3) is 0 Å². The molecule has 0 aromatic heterocycles. The fourth-order valence-corrected chi connectivity index (χ4v) is 3.36. The van der Waals surface area contributed by atoms with Gasteiger partial charge in [-0.25, -0.2) is 10.9 Å². The Labute approximate surface area is 155 Å². The highest BCUT2D eigenvalue weighted by Crippen LogP contribution is 2.39. The highest BCUT2D eigenvalue weighted by Gasteiger charge is 2.43. The molecule has 2 amide bonds. The standard InChI is InChI=1S/C18H16ClN5O2/c1-10-6-7-11(19)8-12(10)21-17(26)15-9-16(25)22-18-23(15)13-4-2-3-5-14(13)24(18)20/h2-8,15H,9,20H2,1H3,(H,21,26). The van der Waals surface area contributed by atoms with Crippen molar-refractivity contribution in [3.63, 3.8) is 0 Å². The third kappa shape index (κ3) is 2.61. The van der Waals surface area contributed by atoms with Crippen LogP contribution in [0.4, 0.5) is 17.1 Å². The number of carbonyl (C=O) groups is 2. The molecule has 1 atom stereocenters. The fourth-order valence-electron chi connectivity index (χ4n) is 3.19. The number of benzene rings is 2. The molecule has 2 aromatic carbocycles. The zero-order valence-corrected chi connectivity index (χ0v) is 14.7. The predicted molar refractivity (Wildman–Crippen MR) is 101 cm³/mol. The predicted octanol–water partition coefficient (Wildman–Crippen LogP) is 2.44. The molecule has 1 unspecified atom stereocenters. The first-order chi connectivity index (χ1) is 12.5. The molecule has 0 aliphatic carbocycles. The molecule has 0 saturated heterocycles. The van der Waals surface area contributed by atoms with Gasteiger partial charge in [0.2, 0.25) is 11.9 Å². The minimum atomic E-state index is -0.747. The summed E-state index contributed by atoms with van der Waals surface area (Å²) < 4.78 is 0. The number of nitrogens with two attached hydrogens (primary N) is 1. The number of halogens is 1. The summed E-state index contributed by atoms with van der Waals surface area (Å²) in [5, 5.41) is 4.72. The SMILES string of the molecule is Cc1ccc(Cl)cc1NC(=O)C1CC(=O)N=C2N(N)c3ccccc3N21. The Balaban J connectivity index is 1.70. The molecule has 0 fully saturated rings. The largest absolute Gasteiger partial charge is 0.324 e. The molecule has 2 aliphatic rings. The van der Waals surface area contributed by atoms with Crippen molar-refractivity contribution >= 4 is 46.4 Å². The highest BCUT2D eigenvalue weighted by molar-refractivity contribution is 6.31. The number of hydrogen-bond donors (Lipinski definition) is 2. The van der Waals surface area contributed by atoms with Crippen molar-refractivity contribution in [1.29, 1.82) is 0 Å². The molecule has 3 N–H and O–H groups in total. The number of nitrogens with one attached hydrogen (secondary N) is 1. The second kappa shape index (κ2) is 6.12. The van der Waals surface area contributed by atoms with E-state index in [0.717, 1.165) is 11.3 Å². The van der Waals surface area contributed by atoms with Gasteiger partial charge in [-0.2, -0.15) is 4.99 Å². The molecule has 26 heavy (non-hydrogen) atoms. The number of amides is 2. The van der Waals surface area contributed by atoms with Gasteiger partial charge >= 0.3 is 0 Å². The first-order valence-electron chi connectivity index (χ1n) is 8.07. The van der Waals surface area contributed by atoms with Gasteiger partial charge in [-0.1, -0.05) is 29.8 Å². The van der Waals surface area contributed by atoms with E-state index in [0.29, 0.717) is 16.4 Å². The molecule has 4 rings (SSSR count). The maximum atomic E-state index is 13.0. The van der Waals surface area contributed by atoms with Crippen molar-refractivity contribution < 1.29 is 9.59 Å². The van der Waals surface area contributed by atoms with Crippen LogP contribution in [0, 0.1) is 6.92 Å². The number of carbonyl (C=O) groups excluding carboxylic acids is 2. The van der Waals surface area contributed by atoms with Crippen LogP contribution in [0.3, 0.4) is 0 Å². The Morgan fingerprint density at radius 2 is 2.00 bits per heavy atom. The maximum absolute atomic E-state index is 13.0. The van der Waals surface area contributed by atoms with E-state index in [9.17, 15) is 9.59 Å². The summed E-state index contributed by atoms with van der Waals surface area (Å²) in [6.07, 6.45) is -0.0306. The number of hydrazine groups is 1. The molecular weight excluding hydrogens is 354 g/mol. The third-order valence-corrected chi connectivity index (χ3v) is 4.73. The molecule has 132 valence electrons. The summed E-state index contributed by atoms with van der Waals surface area (Å²) in [6, 6.07) is 11.9. The molecule has 7 nitrogen and oxygen atoms in total. The van der Waals surface area contributed by atoms with E-state index in [1.807, 2.05) is 37.3 Å². The van der Waals surface area contributed by atoms with E-state index in [1.54, 1.807) is 17.0 Å². The average Bonchev–Trinajstić information content (AvgIpc) is 2.90. The lowest BCUT2D eigenvalue weighted by molar-refractivity contribution is -0.123. The van der Waals surface area contributed by atoms with Crippen LogP contribution in [0.15, 0.2) is 47.5 Å². The van der Waals surface area contributed by atoms with Gasteiger partial charge in [0.25, 0.3) is 5.91 Å². The lowest BCUT2D eigenvalue weighted by Gasteiger charge is -2.31. The summed E-state index contributed by atoms with van der Waals surface area (Å²) in [6.45, 7) is 1.87. The Kier molecular flexibility index (Phi) is 3.90. The molecule has 8 heteroatoms. The van der Waals surface area contributed by atoms with E-state index < -0.39 is 6.04 Å². The summed E-state index contributed by atoms with van der Waals surface area (Å²) in [5.74, 6) is 5.63. The minimum absolute atomic E-state index is 0.0306. The normalized spacial score (nSPS) is 18.3. The molecule has 2 heterocycles. The van der Waals surface area contributed by atoms with Gasteiger partial charge in [0, 0.05) is 10.7 Å². The zero-order chi connectivity index (χ0) is 18.4. The second-order valence-electron chi connectivity index (χ2n) is 6.20.